The zero-order chi connectivity index (χ0) is 21.3. The van der Waals surface area contributed by atoms with Crippen molar-refractivity contribution in [2.45, 2.75) is 19.3 Å². The van der Waals surface area contributed by atoms with Gasteiger partial charge in [0.05, 0.1) is 18.2 Å². The Morgan fingerprint density at radius 3 is 2.43 bits per heavy atom. The second-order valence-corrected chi connectivity index (χ2v) is 6.60. The summed E-state index contributed by atoms with van der Waals surface area (Å²) in [5.41, 5.74) is 1.02. The van der Waals surface area contributed by atoms with Gasteiger partial charge in [-0.05, 0) is 17.7 Å². The molecule has 1 heterocycles. The minimum Gasteiger partial charge on any atom is -0.441 e. The van der Waals surface area contributed by atoms with Crippen molar-refractivity contribution in [3.63, 3.8) is 0 Å². The number of amides is 2. The molecule has 0 aliphatic carbocycles. The van der Waals surface area contributed by atoms with Crippen LogP contribution < -0.4 is 10.6 Å². The summed E-state index contributed by atoms with van der Waals surface area (Å²) < 4.78 is 32.2. The van der Waals surface area contributed by atoms with E-state index in [1.54, 1.807) is 0 Å². The van der Waals surface area contributed by atoms with Crippen molar-refractivity contribution < 1.29 is 22.8 Å². The van der Waals surface area contributed by atoms with Crippen LogP contribution in [0.3, 0.4) is 0 Å². The van der Waals surface area contributed by atoms with Gasteiger partial charge in [0, 0.05) is 32.0 Å². The van der Waals surface area contributed by atoms with E-state index in [1.807, 2.05) is 30.3 Å². The Morgan fingerprint density at radius 2 is 1.70 bits per heavy atom. The lowest BCUT2D eigenvalue weighted by molar-refractivity contribution is -0.122. The Kier molecular flexibility index (Phi) is 7.26. The van der Waals surface area contributed by atoms with Gasteiger partial charge in [0.25, 0.3) is 0 Å². The van der Waals surface area contributed by atoms with Gasteiger partial charge in [-0.2, -0.15) is 0 Å². The Bertz CT molecular complexity index is 1010. The predicted molar refractivity (Wildman–Crippen MR) is 106 cm³/mol. The van der Waals surface area contributed by atoms with E-state index in [4.69, 9.17) is 4.42 Å². The molecule has 0 radical (unpaired) electrons. The van der Waals surface area contributed by atoms with E-state index in [1.165, 1.54) is 12.3 Å². The highest BCUT2D eigenvalue weighted by atomic mass is 19.1. The van der Waals surface area contributed by atoms with Gasteiger partial charge in [-0.1, -0.05) is 30.3 Å². The van der Waals surface area contributed by atoms with Crippen LogP contribution in [0.25, 0.3) is 11.3 Å². The van der Waals surface area contributed by atoms with Crippen LogP contribution in [0.15, 0.2) is 59.1 Å². The first-order chi connectivity index (χ1) is 14.5. The van der Waals surface area contributed by atoms with Gasteiger partial charge in [-0.15, -0.1) is 0 Å². The van der Waals surface area contributed by atoms with Crippen LogP contribution in [0.2, 0.25) is 0 Å². The van der Waals surface area contributed by atoms with E-state index in [9.17, 15) is 18.4 Å². The summed E-state index contributed by atoms with van der Waals surface area (Å²) in [6.45, 7) is 0.626. The Balaban J connectivity index is 1.36. The van der Waals surface area contributed by atoms with Crippen molar-refractivity contribution in [1.29, 1.82) is 0 Å². The fraction of sp³-hybridized carbons (Fsp3) is 0.227. The molecule has 3 rings (SSSR count). The van der Waals surface area contributed by atoms with Crippen molar-refractivity contribution in [2.24, 2.45) is 0 Å². The molecule has 0 fully saturated rings. The lowest BCUT2D eigenvalue weighted by Gasteiger charge is -2.07. The number of carbonyl (C=O) groups excluding carboxylic acids is 2. The maximum absolute atomic E-state index is 13.8. The molecular formula is C22H21F2N3O3. The van der Waals surface area contributed by atoms with E-state index < -0.39 is 11.6 Å². The maximum Gasteiger partial charge on any atom is 0.224 e. The van der Waals surface area contributed by atoms with Gasteiger partial charge in [0.15, 0.2) is 11.7 Å². The van der Waals surface area contributed by atoms with E-state index >= 15 is 0 Å². The van der Waals surface area contributed by atoms with Gasteiger partial charge in [-0.3, -0.25) is 9.59 Å². The molecule has 156 valence electrons. The summed E-state index contributed by atoms with van der Waals surface area (Å²) in [5, 5.41) is 5.45. The van der Waals surface area contributed by atoms with Crippen LogP contribution in [0.4, 0.5) is 8.78 Å². The number of rotatable bonds is 9. The predicted octanol–water partition coefficient (Wildman–Crippen LogP) is 3.03. The molecule has 0 aliphatic heterocycles. The van der Waals surface area contributed by atoms with Crippen molar-refractivity contribution in [3.05, 3.63) is 77.8 Å². The highest BCUT2D eigenvalue weighted by Gasteiger charge is 2.13. The van der Waals surface area contributed by atoms with Crippen molar-refractivity contribution in [1.82, 2.24) is 15.6 Å². The van der Waals surface area contributed by atoms with Crippen LogP contribution in [-0.4, -0.2) is 29.9 Å². The topological polar surface area (TPSA) is 84.2 Å². The SMILES string of the molecule is O=C(CCc1ncc(-c2ccc(F)cc2F)o1)NCCNC(=O)Cc1ccccc1. The molecule has 1 aromatic heterocycles. The highest BCUT2D eigenvalue weighted by Crippen LogP contribution is 2.24. The summed E-state index contributed by atoms with van der Waals surface area (Å²) in [7, 11) is 0. The first-order valence-electron chi connectivity index (χ1n) is 9.48. The number of aromatic nitrogens is 1. The van der Waals surface area contributed by atoms with Crippen LogP contribution in [-0.2, 0) is 22.4 Å². The van der Waals surface area contributed by atoms with E-state index in [-0.39, 0.29) is 48.3 Å². The Morgan fingerprint density at radius 1 is 0.967 bits per heavy atom. The van der Waals surface area contributed by atoms with Gasteiger partial charge in [0.2, 0.25) is 11.8 Å². The van der Waals surface area contributed by atoms with Gasteiger partial charge in [0.1, 0.15) is 11.6 Å². The fourth-order valence-corrected chi connectivity index (χ4v) is 2.80. The molecule has 2 N–H and O–H groups in total. The number of carbonyl (C=O) groups is 2. The molecule has 30 heavy (non-hydrogen) atoms. The van der Waals surface area contributed by atoms with Crippen molar-refractivity contribution >= 4 is 11.8 Å². The molecule has 0 unspecified atom stereocenters. The molecule has 6 nitrogen and oxygen atoms in total. The zero-order valence-corrected chi connectivity index (χ0v) is 16.2. The number of aryl methyl sites for hydroxylation is 1. The third-order valence-electron chi connectivity index (χ3n) is 4.29. The fourth-order valence-electron chi connectivity index (χ4n) is 2.80. The van der Waals surface area contributed by atoms with Gasteiger partial charge in [-0.25, -0.2) is 13.8 Å². The molecule has 2 amide bonds. The average Bonchev–Trinajstić information content (AvgIpc) is 3.19. The summed E-state index contributed by atoms with van der Waals surface area (Å²) in [6.07, 6.45) is 1.99. The molecule has 0 spiro atoms. The normalized spacial score (nSPS) is 10.6. The van der Waals surface area contributed by atoms with Crippen LogP contribution in [0, 0.1) is 11.6 Å². The minimum absolute atomic E-state index is 0.103. The minimum atomic E-state index is -0.746. The molecule has 0 bridgehead atoms. The monoisotopic (exact) mass is 413 g/mol. The third-order valence-corrected chi connectivity index (χ3v) is 4.29. The van der Waals surface area contributed by atoms with Crippen molar-refractivity contribution in [3.8, 4) is 11.3 Å². The third kappa shape index (κ3) is 6.23. The molecule has 0 aliphatic rings. The second-order valence-electron chi connectivity index (χ2n) is 6.60. The number of benzene rings is 2. The lowest BCUT2D eigenvalue weighted by atomic mass is 10.1. The largest absolute Gasteiger partial charge is 0.441 e. The first kappa shape index (κ1) is 21.2. The molecule has 3 aromatic rings. The van der Waals surface area contributed by atoms with Crippen LogP contribution in [0.5, 0.6) is 0 Å². The number of oxazole rings is 1. The Labute approximate surface area is 172 Å². The molecule has 0 atom stereocenters. The average molecular weight is 413 g/mol. The van der Waals surface area contributed by atoms with Gasteiger partial charge >= 0.3 is 0 Å². The lowest BCUT2D eigenvalue weighted by Crippen LogP contribution is -2.35. The van der Waals surface area contributed by atoms with Gasteiger partial charge < -0.3 is 15.1 Å². The van der Waals surface area contributed by atoms with Crippen LogP contribution in [0.1, 0.15) is 17.9 Å². The number of hydrogen-bond acceptors (Lipinski definition) is 4. The molecule has 2 aromatic carbocycles. The number of halogens is 2. The van der Waals surface area contributed by atoms with E-state index in [0.717, 1.165) is 17.7 Å². The first-order valence-corrected chi connectivity index (χ1v) is 9.48. The summed E-state index contributed by atoms with van der Waals surface area (Å²) >= 11 is 0. The maximum atomic E-state index is 13.8. The zero-order valence-electron chi connectivity index (χ0n) is 16.2. The number of nitrogens with zero attached hydrogens (tertiary/aromatic N) is 1. The van der Waals surface area contributed by atoms with Crippen molar-refractivity contribution in [2.75, 3.05) is 13.1 Å². The summed E-state index contributed by atoms with van der Waals surface area (Å²) in [5.74, 6) is -1.31. The summed E-state index contributed by atoms with van der Waals surface area (Å²) in [4.78, 5) is 27.8. The number of nitrogens with one attached hydrogen (secondary N) is 2. The smallest absolute Gasteiger partial charge is 0.224 e. The molecular weight excluding hydrogens is 392 g/mol. The quantitative estimate of drug-likeness (QED) is 0.528. The molecule has 0 saturated heterocycles. The van der Waals surface area contributed by atoms with Crippen LogP contribution >= 0.6 is 0 Å². The number of hydrogen-bond donors (Lipinski definition) is 2. The highest BCUT2D eigenvalue weighted by molar-refractivity contribution is 5.79. The second kappa shape index (κ2) is 10.3. The standard InChI is InChI=1S/C22H21F2N3O3/c23-16-6-7-17(18(24)13-16)19-14-27-22(30-19)9-8-20(28)25-10-11-26-21(29)12-15-4-2-1-3-5-15/h1-7,13-14H,8-12H2,(H,25,28)(H,26,29). The molecule has 8 heteroatoms. The summed E-state index contributed by atoms with van der Waals surface area (Å²) in [6, 6.07) is 12.5. The Hall–Kier alpha value is -3.55. The van der Waals surface area contributed by atoms with E-state index in [2.05, 4.69) is 15.6 Å². The van der Waals surface area contributed by atoms with E-state index in [0.29, 0.717) is 13.1 Å². The molecule has 0 saturated carbocycles.